The van der Waals surface area contributed by atoms with Gasteiger partial charge in [0.15, 0.2) is 5.13 Å². The largest absolute Gasteiger partial charge is 0.302 e. The van der Waals surface area contributed by atoms with Crippen LogP contribution in [0.15, 0.2) is 30.5 Å². The lowest BCUT2D eigenvalue weighted by atomic mass is 9.96. The summed E-state index contributed by atoms with van der Waals surface area (Å²) in [5, 5.41) is 10.5. The molecule has 1 saturated carbocycles. The molecule has 2 atom stereocenters. The molecule has 5 rings (SSSR count). The number of hydrogen-bond acceptors (Lipinski definition) is 4. The van der Waals surface area contributed by atoms with Crippen LogP contribution in [0.3, 0.4) is 0 Å². The fourth-order valence-electron chi connectivity index (χ4n) is 3.27. The predicted molar refractivity (Wildman–Crippen MR) is 104 cm³/mol. The van der Waals surface area contributed by atoms with Gasteiger partial charge in [0.25, 0.3) is 0 Å². The van der Waals surface area contributed by atoms with Gasteiger partial charge in [-0.05, 0) is 24.1 Å². The van der Waals surface area contributed by atoms with E-state index in [1.165, 1.54) is 17.4 Å². The number of benzene rings is 2. The Bertz CT molecular complexity index is 1300. The van der Waals surface area contributed by atoms with Gasteiger partial charge in [-0.2, -0.15) is 5.10 Å². The van der Waals surface area contributed by atoms with Crippen molar-refractivity contribution in [2.75, 3.05) is 5.32 Å². The van der Waals surface area contributed by atoms with Gasteiger partial charge in [0, 0.05) is 17.0 Å². The minimum absolute atomic E-state index is 0.161. The van der Waals surface area contributed by atoms with Gasteiger partial charge in [-0.25, -0.2) is 13.8 Å². The molecule has 0 saturated heterocycles. The van der Waals surface area contributed by atoms with Gasteiger partial charge in [-0.3, -0.25) is 9.89 Å². The molecule has 0 radical (unpaired) electrons. The zero-order valence-corrected chi connectivity index (χ0v) is 15.1. The number of aromatic nitrogens is 3. The van der Waals surface area contributed by atoms with E-state index in [2.05, 4.69) is 26.4 Å². The molecule has 138 valence electrons. The van der Waals surface area contributed by atoms with Gasteiger partial charge in [0.05, 0.1) is 33.4 Å². The Balaban J connectivity index is 1.59. The third kappa shape index (κ3) is 2.63. The van der Waals surface area contributed by atoms with Gasteiger partial charge >= 0.3 is 0 Å². The van der Waals surface area contributed by atoms with E-state index in [1.807, 2.05) is 6.07 Å². The minimum Gasteiger partial charge on any atom is -0.302 e. The maximum atomic E-state index is 14.4. The van der Waals surface area contributed by atoms with Crippen molar-refractivity contribution in [2.45, 2.75) is 12.6 Å². The maximum absolute atomic E-state index is 14.4. The molecular formula is C20H12F2N4OS. The van der Waals surface area contributed by atoms with Crippen molar-refractivity contribution < 1.29 is 13.6 Å². The van der Waals surface area contributed by atoms with Crippen LogP contribution in [0.5, 0.6) is 0 Å². The Hall–Kier alpha value is -3.31. The summed E-state index contributed by atoms with van der Waals surface area (Å²) < 4.78 is 28.3. The third-order valence-electron chi connectivity index (χ3n) is 4.80. The molecular weight excluding hydrogens is 382 g/mol. The number of amides is 1. The highest BCUT2D eigenvalue weighted by molar-refractivity contribution is 7.22. The number of thiazole rings is 1. The fraction of sp³-hybridized carbons (Fsp3) is 0.150. The van der Waals surface area contributed by atoms with Crippen LogP contribution < -0.4 is 5.32 Å². The van der Waals surface area contributed by atoms with E-state index < -0.39 is 17.9 Å². The molecule has 2 aromatic carbocycles. The number of fused-ring (bicyclic) bond motifs is 2. The van der Waals surface area contributed by atoms with Gasteiger partial charge in [-0.15, -0.1) is 6.42 Å². The van der Waals surface area contributed by atoms with Gasteiger partial charge < -0.3 is 5.32 Å². The second kappa shape index (κ2) is 6.11. The van der Waals surface area contributed by atoms with Crippen LogP contribution in [0.4, 0.5) is 13.9 Å². The van der Waals surface area contributed by atoms with Crippen LogP contribution in [0, 0.1) is 24.1 Å². The number of carbonyl (C=O) groups is 1. The molecule has 2 heterocycles. The Morgan fingerprint density at radius 1 is 1.39 bits per heavy atom. The lowest BCUT2D eigenvalue weighted by Crippen LogP contribution is -2.14. The van der Waals surface area contributed by atoms with E-state index in [0.717, 1.165) is 15.6 Å². The summed E-state index contributed by atoms with van der Waals surface area (Å²) in [5.74, 6) is 0.987. The van der Waals surface area contributed by atoms with Crippen LogP contribution in [0.2, 0.25) is 0 Å². The molecule has 1 aliphatic carbocycles. The molecule has 2 N–H and O–H groups in total. The number of nitrogens with one attached hydrogen (secondary N) is 2. The first-order valence-electron chi connectivity index (χ1n) is 8.53. The zero-order chi connectivity index (χ0) is 19.4. The van der Waals surface area contributed by atoms with Gasteiger partial charge in [-0.1, -0.05) is 23.3 Å². The number of alkyl halides is 1. The molecule has 28 heavy (non-hydrogen) atoms. The minimum atomic E-state index is -1.06. The van der Waals surface area contributed by atoms with E-state index in [-0.39, 0.29) is 17.9 Å². The second-order valence-electron chi connectivity index (χ2n) is 6.63. The van der Waals surface area contributed by atoms with Crippen molar-refractivity contribution in [2.24, 2.45) is 5.92 Å². The first kappa shape index (κ1) is 16.8. The molecule has 8 heteroatoms. The van der Waals surface area contributed by atoms with E-state index in [9.17, 15) is 13.6 Å². The number of carbonyl (C=O) groups excluding carboxylic acids is 1. The SMILES string of the molecule is C#Cc1c(F)cc2[nH]ncc2c1-c1ccc2nc(NC(=O)[C@@H]3C[C@@H]3F)sc2c1. The van der Waals surface area contributed by atoms with E-state index in [0.29, 0.717) is 21.7 Å². The molecule has 1 amide bonds. The van der Waals surface area contributed by atoms with Gasteiger partial charge in [0.2, 0.25) is 5.91 Å². The van der Waals surface area contributed by atoms with Crippen LogP contribution in [-0.2, 0) is 4.79 Å². The maximum Gasteiger partial charge on any atom is 0.232 e. The molecule has 5 nitrogen and oxygen atoms in total. The number of terminal acetylenes is 1. The summed E-state index contributed by atoms with van der Waals surface area (Å²) in [6, 6.07) is 6.76. The number of hydrogen-bond donors (Lipinski definition) is 2. The Kier molecular flexibility index (Phi) is 3.67. The average Bonchev–Trinajstić information content (AvgIpc) is 3.05. The second-order valence-corrected chi connectivity index (χ2v) is 7.66. The summed E-state index contributed by atoms with van der Waals surface area (Å²) in [7, 11) is 0. The van der Waals surface area contributed by atoms with Crippen LogP contribution in [-0.4, -0.2) is 27.3 Å². The Morgan fingerprint density at radius 3 is 2.96 bits per heavy atom. The molecule has 0 spiro atoms. The smallest absolute Gasteiger partial charge is 0.232 e. The lowest BCUT2D eigenvalue weighted by molar-refractivity contribution is -0.117. The van der Waals surface area contributed by atoms with Crippen molar-refractivity contribution in [3.05, 3.63) is 41.8 Å². The normalized spacial score (nSPS) is 18.3. The topological polar surface area (TPSA) is 70.7 Å². The molecule has 1 aliphatic rings. The number of nitrogens with zero attached hydrogens (tertiary/aromatic N) is 2. The zero-order valence-electron chi connectivity index (χ0n) is 14.3. The average molecular weight is 394 g/mol. The van der Waals surface area contributed by atoms with Crippen LogP contribution in [0.25, 0.3) is 32.2 Å². The van der Waals surface area contributed by atoms with E-state index >= 15 is 0 Å². The van der Waals surface area contributed by atoms with E-state index in [4.69, 9.17) is 6.42 Å². The Labute approximate surface area is 161 Å². The van der Waals surface area contributed by atoms with Crippen molar-refractivity contribution in [1.29, 1.82) is 0 Å². The molecule has 4 aromatic rings. The van der Waals surface area contributed by atoms with Crippen molar-refractivity contribution >= 4 is 43.5 Å². The highest BCUT2D eigenvalue weighted by Crippen LogP contribution is 2.38. The fourth-order valence-corrected chi connectivity index (χ4v) is 4.17. The summed E-state index contributed by atoms with van der Waals surface area (Å²) in [5.41, 5.74) is 2.69. The summed E-state index contributed by atoms with van der Waals surface area (Å²) in [6.45, 7) is 0. The molecule has 2 aromatic heterocycles. The van der Waals surface area contributed by atoms with Crippen molar-refractivity contribution in [1.82, 2.24) is 15.2 Å². The molecule has 1 fully saturated rings. The number of anilines is 1. The predicted octanol–water partition coefficient (Wildman–Crippen LogP) is 4.26. The first-order valence-corrected chi connectivity index (χ1v) is 9.35. The summed E-state index contributed by atoms with van der Waals surface area (Å²) in [6.07, 6.45) is 6.36. The number of H-pyrrole nitrogens is 1. The summed E-state index contributed by atoms with van der Waals surface area (Å²) in [4.78, 5) is 16.3. The number of aromatic amines is 1. The summed E-state index contributed by atoms with van der Waals surface area (Å²) >= 11 is 1.27. The van der Waals surface area contributed by atoms with Crippen LogP contribution in [0.1, 0.15) is 12.0 Å². The highest BCUT2D eigenvalue weighted by Gasteiger charge is 2.43. The van der Waals surface area contributed by atoms with Crippen molar-refractivity contribution in [3.63, 3.8) is 0 Å². The number of rotatable bonds is 3. The quantitative estimate of drug-likeness (QED) is 0.510. The van der Waals surface area contributed by atoms with Crippen LogP contribution >= 0.6 is 11.3 Å². The lowest BCUT2D eigenvalue weighted by Gasteiger charge is -2.08. The third-order valence-corrected chi connectivity index (χ3v) is 5.73. The van der Waals surface area contributed by atoms with Gasteiger partial charge in [0.1, 0.15) is 12.0 Å². The van der Waals surface area contributed by atoms with E-state index in [1.54, 1.807) is 18.3 Å². The first-order chi connectivity index (χ1) is 13.5. The number of halogens is 2. The highest BCUT2D eigenvalue weighted by atomic mass is 32.1. The molecule has 0 aliphatic heterocycles. The molecule has 0 bridgehead atoms. The van der Waals surface area contributed by atoms with Crippen molar-refractivity contribution in [3.8, 4) is 23.5 Å². The standard InChI is InChI=1S/C20H12F2N4OS/c1-2-10-14(22)7-16-12(8-23-26-16)18(10)9-3-4-15-17(5-9)28-20(24-15)25-19(27)11-6-13(11)21/h1,3-5,7-8,11,13H,6H2,(H,23,26)(H,24,25,27)/t11-,13+/m1/s1. The monoisotopic (exact) mass is 394 g/mol. The molecule has 0 unspecified atom stereocenters. The Morgan fingerprint density at radius 2 is 2.21 bits per heavy atom.